The first kappa shape index (κ1) is 13.0. The van der Waals surface area contributed by atoms with E-state index in [0.29, 0.717) is 11.7 Å². The van der Waals surface area contributed by atoms with Crippen molar-refractivity contribution < 1.29 is 9.01 Å². The second-order valence-corrected chi connectivity index (χ2v) is 6.80. The summed E-state index contributed by atoms with van der Waals surface area (Å²) in [4.78, 5) is 8.58. The first-order valence-electron chi connectivity index (χ1n) is 7.78. The number of fused-ring (bicyclic) bond motifs is 3. The lowest BCUT2D eigenvalue weighted by Gasteiger charge is -2.50. The summed E-state index contributed by atoms with van der Waals surface area (Å²) in [5.41, 5.74) is 0.966. The summed E-state index contributed by atoms with van der Waals surface area (Å²) in [5.74, 6) is 3.01. The Balaban J connectivity index is 1.50. The van der Waals surface area contributed by atoms with E-state index in [-0.39, 0.29) is 0 Å². The molecule has 0 amide bonds. The highest BCUT2D eigenvalue weighted by Crippen LogP contribution is 2.38. The van der Waals surface area contributed by atoms with Crippen LogP contribution < -0.4 is 0 Å². The Morgan fingerprint density at radius 1 is 1.24 bits per heavy atom. The zero-order valence-electron chi connectivity index (χ0n) is 12.4. The van der Waals surface area contributed by atoms with Crippen LogP contribution in [0.2, 0.25) is 0 Å². The van der Waals surface area contributed by atoms with Gasteiger partial charge in [-0.15, -0.1) is 0 Å². The van der Waals surface area contributed by atoms with Gasteiger partial charge >= 0.3 is 0 Å². The lowest BCUT2D eigenvalue weighted by molar-refractivity contribution is -0.929. The van der Waals surface area contributed by atoms with E-state index in [9.17, 15) is 0 Å². The van der Waals surface area contributed by atoms with Gasteiger partial charge in [-0.1, -0.05) is 5.16 Å². The summed E-state index contributed by atoms with van der Waals surface area (Å²) in [6.07, 6.45) is 7.14. The lowest BCUT2D eigenvalue weighted by atomic mass is 9.76. The zero-order valence-corrected chi connectivity index (χ0v) is 12.4. The Morgan fingerprint density at radius 2 is 2.00 bits per heavy atom. The van der Waals surface area contributed by atoms with Crippen LogP contribution in [0.5, 0.6) is 0 Å². The van der Waals surface area contributed by atoms with Gasteiger partial charge < -0.3 is 9.01 Å². The standard InChI is InChI=1S/C16H21N4O/c1-20-8-4-12(5-9-20)14(11-20)10-15-18-16(19-21-15)13-2-6-17-7-3-13/h2-3,6-7,12,14H,4-5,8-11H2,1H3/q+1. The largest absolute Gasteiger partial charge is 0.339 e. The molecule has 3 aliphatic heterocycles. The van der Waals surface area contributed by atoms with Crippen molar-refractivity contribution in [3.8, 4) is 11.4 Å². The number of piperidine rings is 3. The summed E-state index contributed by atoms with van der Waals surface area (Å²) in [6.45, 7) is 3.94. The fourth-order valence-corrected chi connectivity index (χ4v) is 3.99. The third kappa shape index (κ3) is 2.46. The Bertz CT molecular complexity index is 616. The normalized spacial score (nSPS) is 31.5. The van der Waals surface area contributed by atoms with Gasteiger partial charge in [0.2, 0.25) is 11.7 Å². The van der Waals surface area contributed by atoms with Crippen molar-refractivity contribution in [2.24, 2.45) is 11.8 Å². The lowest BCUT2D eigenvalue weighted by Crippen LogP contribution is -2.59. The first-order chi connectivity index (χ1) is 10.2. The van der Waals surface area contributed by atoms with Crippen LogP contribution >= 0.6 is 0 Å². The average Bonchev–Trinajstić information content (AvgIpc) is 2.97. The van der Waals surface area contributed by atoms with E-state index in [0.717, 1.165) is 23.8 Å². The number of hydrogen-bond donors (Lipinski definition) is 0. The predicted molar refractivity (Wildman–Crippen MR) is 78.2 cm³/mol. The SMILES string of the molecule is C[N+]12CCC(CC1)C(Cc1nc(-c3ccncc3)no1)C2. The molecule has 21 heavy (non-hydrogen) atoms. The topological polar surface area (TPSA) is 51.8 Å². The van der Waals surface area contributed by atoms with Gasteiger partial charge in [0.05, 0.1) is 26.7 Å². The van der Waals surface area contributed by atoms with E-state index in [4.69, 9.17) is 4.52 Å². The molecule has 3 fully saturated rings. The molecule has 0 saturated carbocycles. The summed E-state index contributed by atoms with van der Waals surface area (Å²) in [5, 5.41) is 4.11. The second-order valence-electron chi connectivity index (χ2n) is 6.80. The average molecular weight is 285 g/mol. The van der Waals surface area contributed by atoms with E-state index in [1.165, 1.54) is 37.0 Å². The fraction of sp³-hybridized carbons (Fsp3) is 0.562. The van der Waals surface area contributed by atoms with Crippen LogP contribution in [-0.4, -0.2) is 46.3 Å². The Kier molecular flexibility index (Phi) is 3.03. The third-order valence-electron chi connectivity index (χ3n) is 5.26. The number of hydrogen-bond acceptors (Lipinski definition) is 4. The summed E-state index contributed by atoms with van der Waals surface area (Å²) in [6, 6.07) is 3.82. The van der Waals surface area contributed by atoms with Crippen molar-refractivity contribution in [3.05, 3.63) is 30.4 Å². The van der Waals surface area contributed by atoms with Crippen molar-refractivity contribution in [2.75, 3.05) is 26.7 Å². The molecule has 3 saturated heterocycles. The highest BCUT2D eigenvalue weighted by atomic mass is 16.5. The number of quaternary nitrogens is 1. The van der Waals surface area contributed by atoms with Gasteiger partial charge in [-0.2, -0.15) is 4.98 Å². The second kappa shape index (κ2) is 4.91. The van der Waals surface area contributed by atoms with Gasteiger partial charge in [-0.05, 0) is 18.1 Å². The van der Waals surface area contributed by atoms with E-state index in [1.807, 2.05) is 12.1 Å². The van der Waals surface area contributed by atoms with Crippen LogP contribution in [0.25, 0.3) is 11.4 Å². The molecule has 5 rings (SSSR count). The summed E-state index contributed by atoms with van der Waals surface area (Å²) in [7, 11) is 2.39. The highest BCUT2D eigenvalue weighted by molar-refractivity contribution is 5.52. The molecular formula is C16H21N4O+. The van der Waals surface area contributed by atoms with Crippen LogP contribution in [0, 0.1) is 11.8 Å². The molecule has 0 aromatic carbocycles. The Hall–Kier alpha value is -1.75. The van der Waals surface area contributed by atoms with Gasteiger partial charge in [0, 0.05) is 43.1 Å². The number of aromatic nitrogens is 3. The highest BCUT2D eigenvalue weighted by Gasteiger charge is 2.43. The maximum atomic E-state index is 5.47. The minimum atomic E-state index is 0.675. The van der Waals surface area contributed by atoms with Crippen molar-refractivity contribution in [1.82, 2.24) is 15.1 Å². The first-order valence-corrected chi connectivity index (χ1v) is 7.78. The Morgan fingerprint density at radius 3 is 2.71 bits per heavy atom. The quantitative estimate of drug-likeness (QED) is 0.811. The van der Waals surface area contributed by atoms with Crippen molar-refractivity contribution in [1.29, 1.82) is 0 Å². The number of pyridine rings is 1. The molecule has 0 radical (unpaired) electrons. The third-order valence-corrected chi connectivity index (χ3v) is 5.26. The molecule has 2 bridgehead atoms. The minimum absolute atomic E-state index is 0.675. The molecule has 2 aromatic heterocycles. The van der Waals surface area contributed by atoms with Crippen LogP contribution in [-0.2, 0) is 6.42 Å². The monoisotopic (exact) mass is 285 g/mol. The molecular weight excluding hydrogens is 264 g/mol. The number of nitrogens with zero attached hydrogens (tertiary/aromatic N) is 4. The van der Waals surface area contributed by atoms with E-state index >= 15 is 0 Å². The molecule has 0 spiro atoms. The minimum Gasteiger partial charge on any atom is -0.339 e. The van der Waals surface area contributed by atoms with E-state index in [1.54, 1.807) is 12.4 Å². The van der Waals surface area contributed by atoms with Gasteiger partial charge in [0.25, 0.3) is 0 Å². The van der Waals surface area contributed by atoms with Crippen LogP contribution in [0.3, 0.4) is 0 Å². The van der Waals surface area contributed by atoms with Gasteiger partial charge in [0.15, 0.2) is 0 Å². The van der Waals surface area contributed by atoms with E-state index in [2.05, 4.69) is 22.2 Å². The molecule has 110 valence electrons. The summed E-state index contributed by atoms with van der Waals surface area (Å²) >= 11 is 0. The molecule has 3 aliphatic rings. The van der Waals surface area contributed by atoms with Crippen molar-refractivity contribution in [3.63, 3.8) is 0 Å². The molecule has 0 aliphatic carbocycles. The fourth-order valence-electron chi connectivity index (χ4n) is 3.99. The summed E-state index contributed by atoms with van der Waals surface area (Å²) < 4.78 is 6.70. The van der Waals surface area contributed by atoms with Crippen molar-refractivity contribution in [2.45, 2.75) is 19.3 Å². The smallest absolute Gasteiger partial charge is 0.227 e. The van der Waals surface area contributed by atoms with Crippen LogP contribution in [0.4, 0.5) is 0 Å². The van der Waals surface area contributed by atoms with Gasteiger partial charge in [-0.25, -0.2) is 0 Å². The molecule has 2 aromatic rings. The zero-order chi connectivity index (χ0) is 14.3. The molecule has 5 heteroatoms. The Labute approximate surface area is 124 Å². The molecule has 5 heterocycles. The molecule has 1 unspecified atom stereocenters. The molecule has 0 N–H and O–H groups in total. The maximum absolute atomic E-state index is 5.47. The molecule has 1 atom stereocenters. The van der Waals surface area contributed by atoms with Gasteiger partial charge in [0.1, 0.15) is 0 Å². The predicted octanol–water partition coefficient (Wildman–Crippen LogP) is 2.16. The number of rotatable bonds is 3. The van der Waals surface area contributed by atoms with Crippen LogP contribution in [0.15, 0.2) is 29.0 Å². The molecule has 5 nitrogen and oxygen atoms in total. The van der Waals surface area contributed by atoms with Crippen molar-refractivity contribution >= 4 is 0 Å². The maximum Gasteiger partial charge on any atom is 0.227 e. The van der Waals surface area contributed by atoms with Crippen LogP contribution in [0.1, 0.15) is 18.7 Å². The van der Waals surface area contributed by atoms with Gasteiger partial charge in [-0.3, -0.25) is 4.98 Å². The van der Waals surface area contributed by atoms with E-state index < -0.39 is 0 Å².